The average Bonchev–Trinajstić information content (AvgIpc) is 3.28. The average molecular weight is 336 g/mol. The molecule has 0 radical (unpaired) electrons. The van der Waals surface area contributed by atoms with Gasteiger partial charge in [0.15, 0.2) is 0 Å². The van der Waals surface area contributed by atoms with Crippen LogP contribution >= 0.6 is 0 Å². The molecule has 1 aromatic heterocycles. The van der Waals surface area contributed by atoms with Crippen LogP contribution in [-0.4, -0.2) is 36.1 Å². The summed E-state index contributed by atoms with van der Waals surface area (Å²) in [5.74, 6) is 0.358. The number of hydrogen-bond donors (Lipinski definition) is 0. The fraction of sp³-hybridized carbons (Fsp3) is 0.429. The third-order valence-electron chi connectivity index (χ3n) is 5.72. The zero-order chi connectivity index (χ0) is 17.3. The van der Waals surface area contributed by atoms with Gasteiger partial charge in [0, 0.05) is 31.2 Å². The number of aromatic nitrogens is 1. The lowest BCUT2D eigenvalue weighted by Crippen LogP contribution is -2.36. The Morgan fingerprint density at radius 2 is 2.12 bits per heavy atom. The first-order valence-corrected chi connectivity index (χ1v) is 9.00. The summed E-state index contributed by atoms with van der Waals surface area (Å²) in [6.07, 6.45) is 4.96. The van der Waals surface area contributed by atoms with Gasteiger partial charge in [0.05, 0.1) is 18.8 Å². The SMILES string of the molecule is COCCN(Cc1ccccn1)C(=O)[C@H]1C[C@@]12CCc1ccccc12. The van der Waals surface area contributed by atoms with E-state index >= 15 is 0 Å². The van der Waals surface area contributed by atoms with Crippen molar-refractivity contribution >= 4 is 5.91 Å². The number of hydrogen-bond acceptors (Lipinski definition) is 3. The number of carbonyl (C=O) groups is 1. The molecule has 4 nitrogen and oxygen atoms in total. The number of amides is 1. The number of benzene rings is 1. The highest BCUT2D eigenvalue weighted by Gasteiger charge is 2.61. The Balaban J connectivity index is 1.52. The molecule has 1 heterocycles. The van der Waals surface area contributed by atoms with E-state index in [4.69, 9.17) is 4.74 Å². The van der Waals surface area contributed by atoms with Gasteiger partial charge in [-0.2, -0.15) is 0 Å². The van der Waals surface area contributed by atoms with Gasteiger partial charge in [0.25, 0.3) is 0 Å². The molecule has 2 aromatic rings. The third kappa shape index (κ3) is 2.95. The van der Waals surface area contributed by atoms with Crippen molar-refractivity contribution in [3.8, 4) is 0 Å². The maximum absolute atomic E-state index is 13.2. The predicted molar refractivity (Wildman–Crippen MR) is 96.1 cm³/mol. The fourth-order valence-electron chi connectivity index (χ4n) is 4.30. The molecular formula is C21H24N2O2. The molecule has 0 N–H and O–H groups in total. The van der Waals surface area contributed by atoms with Gasteiger partial charge in [-0.1, -0.05) is 30.3 Å². The van der Waals surface area contributed by atoms with Crippen molar-refractivity contribution in [1.29, 1.82) is 0 Å². The molecule has 130 valence electrons. The van der Waals surface area contributed by atoms with Crippen LogP contribution in [0, 0.1) is 5.92 Å². The summed E-state index contributed by atoms with van der Waals surface area (Å²) >= 11 is 0. The maximum atomic E-state index is 13.2. The number of carbonyl (C=O) groups excluding carboxylic acids is 1. The van der Waals surface area contributed by atoms with Gasteiger partial charge >= 0.3 is 0 Å². The van der Waals surface area contributed by atoms with Gasteiger partial charge in [-0.05, 0) is 42.5 Å². The molecule has 0 aliphatic heterocycles. The molecule has 0 bridgehead atoms. The monoisotopic (exact) mass is 336 g/mol. The van der Waals surface area contributed by atoms with Crippen LogP contribution in [0.1, 0.15) is 29.7 Å². The number of fused-ring (bicyclic) bond motifs is 2. The Bertz CT molecular complexity index is 762. The number of nitrogens with zero attached hydrogens (tertiary/aromatic N) is 2. The molecule has 1 amide bonds. The smallest absolute Gasteiger partial charge is 0.227 e. The van der Waals surface area contributed by atoms with Gasteiger partial charge in [-0.3, -0.25) is 9.78 Å². The van der Waals surface area contributed by atoms with Crippen LogP contribution < -0.4 is 0 Å². The number of rotatable bonds is 6. The highest BCUT2D eigenvalue weighted by atomic mass is 16.5. The second-order valence-electron chi connectivity index (χ2n) is 7.14. The lowest BCUT2D eigenvalue weighted by molar-refractivity contribution is -0.134. The highest BCUT2D eigenvalue weighted by molar-refractivity contribution is 5.85. The van der Waals surface area contributed by atoms with E-state index in [9.17, 15) is 4.79 Å². The number of ether oxygens (including phenoxy) is 1. The molecular weight excluding hydrogens is 312 g/mol. The Kier molecular flexibility index (Phi) is 4.30. The number of aryl methyl sites for hydroxylation is 1. The van der Waals surface area contributed by atoms with Crippen LogP contribution in [0.25, 0.3) is 0 Å². The molecule has 1 aromatic carbocycles. The molecule has 2 aliphatic rings. The Hall–Kier alpha value is -2.20. The van der Waals surface area contributed by atoms with Crippen molar-refractivity contribution < 1.29 is 9.53 Å². The van der Waals surface area contributed by atoms with E-state index in [2.05, 4.69) is 29.2 Å². The quantitative estimate of drug-likeness (QED) is 0.814. The molecule has 1 saturated carbocycles. The summed E-state index contributed by atoms with van der Waals surface area (Å²) < 4.78 is 5.22. The summed E-state index contributed by atoms with van der Waals surface area (Å²) in [6, 6.07) is 14.5. The van der Waals surface area contributed by atoms with Crippen molar-refractivity contribution in [2.24, 2.45) is 5.92 Å². The minimum Gasteiger partial charge on any atom is -0.383 e. The molecule has 0 saturated heterocycles. The van der Waals surface area contributed by atoms with Crippen LogP contribution in [0.2, 0.25) is 0 Å². The van der Waals surface area contributed by atoms with E-state index in [1.54, 1.807) is 13.3 Å². The first kappa shape index (κ1) is 16.3. The minimum atomic E-state index is 0.0864. The Morgan fingerprint density at radius 1 is 1.28 bits per heavy atom. The summed E-state index contributed by atoms with van der Waals surface area (Å²) in [5.41, 5.74) is 3.83. The van der Waals surface area contributed by atoms with Crippen LogP contribution in [-0.2, 0) is 27.9 Å². The van der Waals surface area contributed by atoms with E-state index in [0.717, 1.165) is 25.0 Å². The van der Waals surface area contributed by atoms with E-state index in [-0.39, 0.29) is 17.2 Å². The maximum Gasteiger partial charge on any atom is 0.227 e. The zero-order valence-electron chi connectivity index (χ0n) is 14.6. The fourth-order valence-corrected chi connectivity index (χ4v) is 4.30. The topological polar surface area (TPSA) is 42.4 Å². The number of pyridine rings is 1. The van der Waals surface area contributed by atoms with Gasteiger partial charge in [0.2, 0.25) is 5.91 Å². The first-order chi connectivity index (χ1) is 12.2. The molecule has 2 atom stereocenters. The van der Waals surface area contributed by atoms with E-state index < -0.39 is 0 Å². The van der Waals surface area contributed by atoms with Gasteiger partial charge in [-0.25, -0.2) is 0 Å². The summed E-state index contributed by atoms with van der Waals surface area (Å²) in [5, 5.41) is 0. The molecule has 4 rings (SSSR count). The van der Waals surface area contributed by atoms with Crippen molar-refractivity contribution in [2.75, 3.05) is 20.3 Å². The summed E-state index contributed by atoms with van der Waals surface area (Å²) in [6.45, 7) is 1.71. The largest absolute Gasteiger partial charge is 0.383 e. The van der Waals surface area contributed by atoms with Crippen molar-refractivity contribution in [3.63, 3.8) is 0 Å². The molecule has 1 fully saturated rings. The van der Waals surface area contributed by atoms with Crippen molar-refractivity contribution in [3.05, 3.63) is 65.5 Å². The second-order valence-corrected chi connectivity index (χ2v) is 7.14. The highest BCUT2D eigenvalue weighted by Crippen LogP contribution is 2.62. The lowest BCUT2D eigenvalue weighted by atomic mass is 9.95. The van der Waals surface area contributed by atoms with Gasteiger partial charge < -0.3 is 9.64 Å². The molecule has 4 heteroatoms. The van der Waals surface area contributed by atoms with Crippen LogP contribution in [0.3, 0.4) is 0 Å². The van der Waals surface area contributed by atoms with Gasteiger partial charge in [-0.15, -0.1) is 0 Å². The lowest BCUT2D eigenvalue weighted by Gasteiger charge is -2.23. The summed E-state index contributed by atoms with van der Waals surface area (Å²) in [7, 11) is 1.68. The van der Waals surface area contributed by atoms with Gasteiger partial charge in [0.1, 0.15) is 0 Å². The van der Waals surface area contributed by atoms with Crippen LogP contribution in [0.15, 0.2) is 48.7 Å². The Morgan fingerprint density at radius 3 is 2.92 bits per heavy atom. The van der Waals surface area contributed by atoms with Crippen LogP contribution in [0.4, 0.5) is 0 Å². The third-order valence-corrected chi connectivity index (χ3v) is 5.72. The molecule has 2 aliphatic carbocycles. The second kappa shape index (κ2) is 6.60. The molecule has 0 unspecified atom stereocenters. The zero-order valence-corrected chi connectivity index (χ0v) is 14.6. The number of methoxy groups -OCH3 is 1. The van der Waals surface area contributed by atoms with Crippen molar-refractivity contribution in [1.82, 2.24) is 9.88 Å². The van der Waals surface area contributed by atoms with Crippen LogP contribution in [0.5, 0.6) is 0 Å². The standard InChI is InChI=1S/C21H24N2O2/c1-25-13-12-23(15-17-7-4-5-11-22-17)20(24)19-14-21(19)10-9-16-6-2-3-8-18(16)21/h2-8,11,19H,9-10,12-15H2,1H3/t19-,21-/m1/s1. The normalized spacial score (nSPS) is 23.5. The van der Waals surface area contributed by atoms with Crippen molar-refractivity contribution in [2.45, 2.75) is 31.2 Å². The first-order valence-electron chi connectivity index (χ1n) is 9.00. The van der Waals surface area contributed by atoms with E-state index in [1.165, 1.54) is 11.1 Å². The van der Waals surface area contributed by atoms with E-state index in [1.807, 2.05) is 23.1 Å². The minimum absolute atomic E-state index is 0.0864. The summed E-state index contributed by atoms with van der Waals surface area (Å²) in [4.78, 5) is 19.5. The molecule has 1 spiro atoms. The Labute approximate surface area is 148 Å². The predicted octanol–water partition coefficient (Wildman–Crippen LogP) is 2.96. The molecule has 25 heavy (non-hydrogen) atoms. The van der Waals surface area contributed by atoms with E-state index in [0.29, 0.717) is 19.7 Å².